The molecule has 0 bridgehead atoms. The summed E-state index contributed by atoms with van der Waals surface area (Å²) in [5.74, 6) is 0.676. The van der Waals surface area contributed by atoms with Crippen molar-refractivity contribution < 1.29 is 4.74 Å². The molecule has 0 saturated carbocycles. The zero-order valence-corrected chi connectivity index (χ0v) is 11.8. The number of hydrogen-bond donors (Lipinski definition) is 1. The molecule has 18 heavy (non-hydrogen) atoms. The van der Waals surface area contributed by atoms with E-state index >= 15 is 0 Å². The fourth-order valence-electron chi connectivity index (χ4n) is 1.52. The molecule has 0 aromatic heterocycles. The van der Waals surface area contributed by atoms with Crippen molar-refractivity contribution in [3.05, 3.63) is 51.5 Å². The van der Waals surface area contributed by atoms with E-state index in [9.17, 15) is 0 Å². The Morgan fingerprint density at radius 2 is 1.50 bits per heavy atom. The molecule has 0 amide bonds. The molecule has 2 nitrogen and oxygen atoms in total. The van der Waals surface area contributed by atoms with Crippen LogP contribution in [0.15, 0.2) is 36.4 Å². The van der Waals surface area contributed by atoms with Crippen molar-refractivity contribution in [2.24, 2.45) is 0 Å². The lowest BCUT2D eigenvalue weighted by atomic mass is 10.2. The van der Waals surface area contributed by atoms with E-state index < -0.39 is 0 Å². The summed E-state index contributed by atoms with van der Waals surface area (Å²) in [6, 6.07) is 10.5. The third-order valence-corrected chi connectivity index (χ3v) is 3.16. The van der Waals surface area contributed by atoms with Crippen molar-refractivity contribution in [3.63, 3.8) is 0 Å². The number of rotatable bonds is 3. The van der Waals surface area contributed by atoms with E-state index in [4.69, 9.17) is 39.5 Å². The van der Waals surface area contributed by atoms with Gasteiger partial charge in [0.1, 0.15) is 5.75 Å². The molecule has 2 aromatic rings. The van der Waals surface area contributed by atoms with Gasteiger partial charge in [-0.25, -0.2) is 0 Å². The lowest BCUT2D eigenvalue weighted by Gasteiger charge is -2.13. The molecule has 0 saturated heterocycles. The minimum atomic E-state index is 0.571. The maximum Gasteiger partial charge on any atom is 0.142 e. The van der Waals surface area contributed by atoms with E-state index in [0.29, 0.717) is 26.5 Å². The maximum absolute atomic E-state index is 6.09. The van der Waals surface area contributed by atoms with Crippen LogP contribution in [0, 0.1) is 0 Å². The van der Waals surface area contributed by atoms with Gasteiger partial charge in [0.2, 0.25) is 0 Å². The second kappa shape index (κ2) is 5.70. The first-order valence-corrected chi connectivity index (χ1v) is 6.29. The van der Waals surface area contributed by atoms with Gasteiger partial charge in [0, 0.05) is 10.0 Å². The highest BCUT2D eigenvalue weighted by molar-refractivity contribution is 6.35. The number of benzene rings is 2. The lowest BCUT2D eigenvalue weighted by Crippen LogP contribution is -1.95. The Labute approximate surface area is 120 Å². The second-order valence-corrected chi connectivity index (χ2v) is 4.87. The summed E-state index contributed by atoms with van der Waals surface area (Å²) in [5, 5.41) is 4.93. The SMILES string of the molecule is COc1ccc(Cl)cc1Nc1cc(Cl)ccc1Cl. The molecule has 0 unspecified atom stereocenters. The number of hydrogen-bond acceptors (Lipinski definition) is 2. The van der Waals surface area contributed by atoms with Gasteiger partial charge in [0.15, 0.2) is 0 Å². The monoisotopic (exact) mass is 301 g/mol. The van der Waals surface area contributed by atoms with Gasteiger partial charge in [-0.3, -0.25) is 0 Å². The first-order chi connectivity index (χ1) is 8.60. The van der Waals surface area contributed by atoms with E-state index in [1.165, 1.54) is 0 Å². The van der Waals surface area contributed by atoms with E-state index in [-0.39, 0.29) is 0 Å². The number of nitrogens with one attached hydrogen (secondary N) is 1. The number of ether oxygens (including phenoxy) is 1. The van der Waals surface area contributed by atoms with Crippen molar-refractivity contribution >= 4 is 46.2 Å². The molecular weight excluding hydrogens is 293 g/mol. The first kappa shape index (κ1) is 13.3. The lowest BCUT2D eigenvalue weighted by molar-refractivity contribution is 0.417. The largest absolute Gasteiger partial charge is 0.495 e. The second-order valence-electron chi connectivity index (χ2n) is 3.59. The van der Waals surface area contributed by atoms with Crippen LogP contribution in [0.25, 0.3) is 0 Å². The van der Waals surface area contributed by atoms with Crippen LogP contribution in [-0.4, -0.2) is 7.11 Å². The van der Waals surface area contributed by atoms with Gasteiger partial charge in [-0.05, 0) is 36.4 Å². The van der Waals surface area contributed by atoms with E-state index in [2.05, 4.69) is 5.32 Å². The summed E-state index contributed by atoms with van der Waals surface area (Å²) in [4.78, 5) is 0. The topological polar surface area (TPSA) is 21.3 Å². The molecule has 0 atom stereocenters. The number of anilines is 2. The van der Waals surface area contributed by atoms with Crippen LogP contribution < -0.4 is 10.1 Å². The molecule has 5 heteroatoms. The molecule has 0 spiro atoms. The van der Waals surface area contributed by atoms with Gasteiger partial charge in [-0.15, -0.1) is 0 Å². The molecule has 94 valence electrons. The Kier molecular flexibility index (Phi) is 4.23. The van der Waals surface area contributed by atoms with Crippen LogP contribution in [0.4, 0.5) is 11.4 Å². The van der Waals surface area contributed by atoms with Gasteiger partial charge in [-0.2, -0.15) is 0 Å². The predicted molar refractivity (Wildman–Crippen MR) is 77.7 cm³/mol. The predicted octanol–water partition coefficient (Wildman–Crippen LogP) is 5.40. The van der Waals surface area contributed by atoms with Crippen LogP contribution >= 0.6 is 34.8 Å². The smallest absolute Gasteiger partial charge is 0.142 e. The number of methoxy groups -OCH3 is 1. The third-order valence-electron chi connectivity index (χ3n) is 2.36. The van der Waals surface area contributed by atoms with Crippen LogP contribution in [-0.2, 0) is 0 Å². The summed E-state index contributed by atoms with van der Waals surface area (Å²) < 4.78 is 5.25. The van der Waals surface area contributed by atoms with Crippen molar-refractivity contribution in [1.29, 1.82) is 0 Å². The highest BCUT2D eigenvalue weighted by Crippen LogP contribution is 2.34. The summed E-state index contributed by atoms with van der Waals surface area (Å²) >= 11 is 18.0. The molecule has 0 aliphatic heterocycles. The summed E-state index contributed by atoms with van der Waals surface area (Å²) in [6.45, 7) is 0. The summed E-state index contributed by atoms with van der Waals surface area (Å²) in [7, 11) is 1.59. The van der Waals surface area contributed by atoms with E-state index in [1.54, 1.807) is 43.5 Å². The molecule has 0 heterocycles. The van der Waals surface area contributed by atoms with Crippen molar-refractivity contribution in [2.45, 2.75) is 0 Å². The fourth-order valence-corrected chi connectivity index (χ4v) is 2.03. The molecule has 0 aliphatic rings. The minimum Gasteiger partial charge on any atom is -0.495 e. The van der Waals surface area contributed by atoms with Crippen molar-refractivity contribution in [3.8, 4) is 5.75 Å². The Bertz CT molecular complexity index is 572. The Hall–Kier alpha value is -1.09. The summed E-state index contributed by atoms with van der Waals surface area (Å²) in [6.07, 6.45) is 0. The highest BCUT2D eigenvalue weighted by atomic mass is 35.5. The quantitative estimate of drug-likeness (QED) is 0.819. The Balaban J connectivity index is 2.38. The fraction of sp³-hybridized carbons (Fsp3) is 0.0769. The van der Waals surface area contributed by atoms with E-state index in [1.807, 2.05) is 0 Å². The summed E-state index contributed by atoms with van der Waals surface area (Å²) in [5.41, 5.74) is 1.43. The van der Waals surface area contributed by atoms with E-state index in [0.717, 1.165) is 5.69 Å². The zero-order valence-electron chi connectivity index (χ0n) is 9.51. The Morgan fingerprint density at radius 1 is 0.889 bits per heavy atom. The highest BCUT2D eigenvalue weighted by Gasteiger charge is 2.07. The number of halogens is 3. The molecule has 0 radical (unpaired) electrons. The van der Waals surface area contributed by atoms with Gasteiger partial charge in [0.25, 0.3) is 0 Å². The van der Waals surface area contributed by atoms with Gasteiger partial charge in [0.05, 0.1) is 23.5 Å². The molecule has 2 rings (SSSR count). The van der Waals surface area contributed by atoms with Crippen LogP contribution in [0.3, 0.4) is 0 Å². The zero-order chi connectivity index (χ0) is 13.1. The average molecular weight is 303 g/mol. The van der Waals surface area contributed by atoms with Crippen LogP contribution in [0.1, 0.15) is 0 Å². The molecular formula is C13H10Cl3NO. The molecule has 0 aliphatic carbocycles. The van der Waals surface area contributed by atoms with Crippen molar-refractivity contribution in [1.82, 2.24) is 0 Å². The van der Waals surface area contributed by atoms with Gasteiger partial charge >= 0.3 is 0 Å². The first-order valence-electron chi connectivity index (χ1n) is 5.16. The van der Waals surface area contributed by atoms with Crippen LogP contribution in [0.2, 0.25) is 15.1 Å². The van der Waals surface area contributed by atoms with Crippen LogP contribution in [0.5, 0.6) is 5.75 Å². The van der Waals surface area contributed by atoms with Gasteiger partial charge < -0.3 is 10.1 Å². The average Bonchev–Trinajstić information content (AvgIpc) is 2.34. The standard InChI is InChI=1S/C13H10Cl3NO/c1-18-13-5-3-9(15)7-12(13)17-11-6-8(14)2-4-10(11)16/h2-7,17H,1H3. The Morgan fingerprint density at radius 3 is 2.17 bits per heavy atom. The third kappa shape index (κ3) is 3.02. The normalized spacial score (nSPS) is 10.2. The molecule has 1 N–H and O–H groups in total. The van der Waals surface area contributed by atoms with Crippen molar-refractivity contribution in [2.75, 3.05) is 12.4 Å². The molecule has 0 fully saturated rings. The minimum absolute atomic E-state index is 0.571. The molecule has 2 aromatic carbocycles. The van der Waals surface area contributed by atoms with Gasteiger partial charge in [-0.1, -0.05) is 34.8 Å². The maximum atomic E-state index is 6.09.